The second-order valence-corrected chi connectivity index (χ2v) is 5.93. The van der Waals surface area contributed by atoms with Gasteiger partial charge in [0.1, 0.15) is 0 Å². The first-order valence-corrected chi connectivity index (χ1v) is 7.10. The largest absolute Gasteiger partial charge is 0.377 e. The predicted molar refractivity (Wildman–Crippen MR) is 72.8 cm³/mol. The molecule has 0 N–H and O–H groups in total. The van der Waals surface area contributed by atoms with Crippen LogP contribution in [0.4, 0.5) is 30.7 Å². The number of rotatable bonds is 4. The van der Waals surface area contributed by atoms with Crippen LogP contribution in [0.1, 0.15) is 19.4 Å². The smallest absolute Gasteiger partial charge is 0.331 e. The van der Waals surface area contributed by atoms with Gasteiger partial charge in [-0.15, -0.1) is 0 Å². The Bertz CT molecular complexity index is 629. The number of alkyl halides is 6. The minimum Gasteiger partial charge on any atom is -0.331 e. The first kappa shape index (κ1) is 18.8. The Hall–Kier alpha value is -1.57. The topological polar surface area (TPSA) is 9.23 Å². The molecule has 2 rings (SSSR count). The molecule has 0 radical (unpaired) electrons. The van der Waals surface area contributed by atoms with Crippen molar-refractivity contribution in [1.29, 1.82) is 0 Å². The lowest BCUT2D eigenvalue weighted by atomic mass is 9.75. The fourth-order valence-electron chi connectivity index (χ4n) is 2.41. The normalized spacial score (nSPS) is 31.8. The summed E-state index contributed by atoms with van der Waals surface area (Å²) in [7, 11) is 0. The first-order valence-electron chi connectivity index (χ1n) is 7.10. The van der Waals surface area contributed by atoms with E-state index in [4.69, 9.17) is 0 Å². The van der Waals surface area contributed by atoms with Crippen LogP contribution in [0.2, 0.25) is 0 Å². The summed E-state index contributed by atoms with van der Waals surface area (Å²) in [4.78, 5) is 0. The van der Waals surface area contributed by atoms with Crippen molar-refractivity contribution in [3.05, 3.63) is 47.8 Å². The van der Waals surface area contributed by atoms with Crippen molar-refractivity contribution >= 4 is 0 Å². The lowest BCUT2D eigenvalue weighted by Crippen LogP contribution is -2.69. The molecular formula is C16H15F7O. The molecule has 0 saturated carbocycles. The summed E-state index contributed by atoms with van der Waals surface area (Å²) >= 11 is 0. The van der Waals surface area contributed by atoms with E-state index in [-0.39, 0.29) is 5.56 Å². The molecule has 0 saturated heterocycles. The molecule has 2 atom stereocenters. The van der Waals surface area contributed by atoms with Gasteiger partial charge in [0.25, 0.3) is 0 Å². The number of allylic oxidation sites excluding steroid dienone is 1. The van der Waals surface area contributed by atoms with E-state index in [1.165, 1.54) is 24.3 Å². The van der Waals surface area contributed by atoms with E-state index in [1.54, 1.807) is 6.07 Å². The van der Waals surface area contributed by atoms with Gasteiger partial charge in [-0.2, -0.15) is 22.0 Å². The maximum Gasteiger partial charge on any atom is 0.377 e. The van der Waals surface area contributed by atoms with Crippen molar-refractivity contribution in [3.63, 3.8) is 0 Å². The number of halogens is 7. The zero-order valence-corrected chi connectivity index (χ0v) is 12.8. The number of ether oxygens (including phenoxy) is 1. The summed E-state index contributed by atoms with van der Waals surface area (Å²) in [5, 5.41) is 0. The molecule has 0 fully saturated rings. The van der Waals surface area contributed by atoms with E-state index < -0.39 is 47.8 Å². The van der Waals surface area contributed by atoms with Gasteiger partial charge in [-0.25, -0.2) is 8.78 Å². The number of benzene rings is 1. The van der Waals surface area contributed by atoms with Gasteiger partial charge in [0.2, 0.25) is 5.67 Å². The highest BCUT2D eigenvalue weighted by Gasteiger charge is 2.83. The van der Waals surface area contributed by atoms with Crippen molar-refractivity contribution < 1.29 is 35.5 Å². The van der Waals surface area contributed by atoms with Gasteiger partial charge in [-0.3, -0.25) is 0 Å². The van der Waals surface area contributed by atoms with Crippen LogP contribution in [0.3, 0.4) is 0 Å². The summed E-state index contributed by atoms with van der Waals surface area (Å²) < 4.78 is 103. The zero-order chi connectivity index (χ0) is 18.4. The summed E-state index contributed by atoms with van der Waals surface area (Å²) in [5.41, 5.74) is -3.89. The van der Waals surface area contributed by atoms with Crippen LogP contribution < -0.4 is 0 Å². The molecule has 2 unspecified atom stereocenters. The highest BCUT2D eigenvalue weighted by atomic mass is 19.3. The lowest BCUT2D eigenvalue weighted by Gasteiger charge is -2.46. The van der Waals surface area contributed by atoms with Crippen LogP contribution >= 0.6 is 0 Å². The van der Waals surface area contributed by atoms with Crippen LogP contribution in [0.25, 0.3) is 0 Å². The average Bonchev–Trinajstić information content (AvgIpc) is 2.51. The fourth-order valence-corrected chi connectivity index (χ4v) is 2.41. The Morgan fingerprint density at radius 3 is 1.96 bits per heavy atom. The van der Waals surface area contributed by atoms with Gasteiger partial charge in [-0.05, 0) is 17.6 Å². The highest BCUT2D eigenvalue weighted by molar-refractivity contribution is 5.31. The van der Waals surface area contributed by atoms with E-state index >= 15 is 0 Å². The highest BCUT2D eigenvalue weighted by Crippen LogP contribution is 2.60. The number of hydrogen-bond acceptors (Lipinski definition) is 1. The summed E-state index contributed by atoms with van der Waals surface area (Å²) in [5.74, 6) is -20.1. The van der Waals surface area contributed by atoms with Gasteiger partial charge in [0.15, 0.2) is 5.83 Å². The SMILES string of the molecule is CC(C)C1(F)C=C(F)C(F)(OCc2ccccc2)C(F)(F)C1(F)F. The van der Waals surface area contributed by atoms with Gasteiger partial charge in [0.05, 0.1) is 6.61 Å². The van der Waals surface area contributed by atoms with Crippen molar-refractivity contribution in [1.82, 2.24) is 0 Å². The second-order valence-electron chi connectivity index (χ2n) is 5.93. The zero-order valence-electron chi connectivity index (χ0n) is 12.8. The Morgan fingerprint density at radius 1 is 0.917 bits per heavy atom. The Balaban J connectivity index is 2.46. The summed E-state index contributed by atoms with van der Waals surface area (Å²) in [6, 6.07) is 7.19. The maximum absolute atomic E-state index is 14.5. The molecule has 24 heavy (non-hydrogen) atoms. The maximum atomic E-state index is 14.5. The molecule has 1 aliphatic rings. The molecule has 0 spiro atoms. The molecule has 1 aliphatic carbocycles. The molecule has 134 valence electrons. The predicted octanol–water partition coefficient (Wildman–Crippen LogP) is 5.37. The van der Waals surface area contributed by atoms with E-state index in [0.29, 0.717) is 0 Å². The summed E-state index contributed by atoms with van der Waals surface area (Å²) in [6.45, 7) is 0.832. The minimum atomic E-state index is -5.74. The Kier molecular flexibility index (Phi) is 4.50. The van der Waals surface area contributed by atoms with Gasteiger partial charge >= 0.3 is 17.7 Å². The van der Waals surface area contributed by atoms with Crippen molar-refractivity contribution in [2.45, 2.75) is 43.8 Å². The van der Waals surface area contributed by atoms with Crippen molar-refractivity contribution in [2.24, 2.45) is 5.92 Å². The summed E-state index contributed by atoms with van der Waals surface area (Å²) in [6.07, 6.45) is -0.444. The third-order valence-corrected chi connectivity index (χ3v) is 4.04. The number of hydrogen-bond donors (Lipinski definition) is 0. The fraction of sp³-hybridized carbons (Fsp3) is 0.500. The standard InChI is InChI=1S/C16H15F7O/c1-10(2)13(18)8-12(17)14(19,16(22,23)15(13,20)21)24-9-11-6-4-3-5-7-11/h3-8,10H,9H2,1-2H3. The van der Waals surface area contributed by atoms with Crippen LogP contribution in [0.5, 0.6) is 0 Å². The van der Waals surface area contributed by atoms with Crippen LogP contribution in [0.15, 0.2) is 42.2 Å². The Labute approximate surface area is 134 Å². The molecule has 0 amide bonds. The molecule has 0 aliphatic heterocycles. The molecule has 1 aromatic rings. The van der Waals surface area contributed by atoms with E-state index in [9.17, 15) is 30.7 Å². The second kappa shape index (κ2) is 5.75. The van der Waals surface area contributed by atoms with Gasteiger partial charge in [-0.1, -0.05) is 44.2 Å². The van der Waals surface area contributed by atoms with Crippen molar-refractivity contribution in [3.8, 4) is 0 Å². The quantitative estimate of drug-likeness (QED) is 0.659. The molecular weight excluding hydrogens is 341 g/mol. The monoisotopic (exact) mass is 356 g/mol. The first-order chi connectivity index (χ1) is 10.9. The average molecular weight is 356 g/mol. The minimum absolute atomic E-state index is 0.155. The van der Waals surface area contributed by atoms with Gasteiger partial charge in [0, 0.05) is 0 Å². The van der Waals surface area contributed by atoms with Crippen LogP contribution in [-0.2, 0) is 11.3 Å². The molecule has 0 aromatic heterocycles. The third-order valence-electron chi connectivity index (χ3n) is 4.04. The molecule has 8 heteroatoms. The van der Waals surface area contributed by atoms with Gasteiger partial charge < -0.3 is 4.74 Å². The Morgan fingerprint density at radius 2 is 1.46 bits per heavy atom. The van der Waals surface area contributed by atoms with Crippen molar-refractivity contribution in [2.75, 3.05) is 0 Å². The molecule has 1 aromatic carbocycles. The van der Waals surface area contributed by atoms with E-state index in [0.717, 1.165) is 13.8 Å². The van der Waals surface area contributed by atoms with Crippen LogP contribution in [0, 0.1) is 5.92 Å². The van der Waals surface area contributed by atoms with E-state index in [1.807, 2.05) is 0 Å². The van der Waals surface area contributed by atoms with Crippen LogP contribution in [-0.4, -0.2) is 23.4 Å². The lowest BCUT2D eigenvalue weighted by molar-refractivity contribution is -0.375. The third kappa shape index (κ3) is 2.42. The molecule has 0 heterocycles. The molecule has 0 bridgehead atoms. The van der Waals surface area contributed by atoms with E-state index in [2.05, 4.69) is 4.74 Å². The molecule has 1 nitrogen and oxygen atoms in total.